The molecule has 1 atom stereocenters. The molecule has 7 heteroatoms. The lowest BCUT2D eigenvalue weighted by Gasteiger charge is -2.19. The highest BCUT2D eigenvalue weighted by atomic mass is 35.5. The summed E-state index contributed by atoms with van der Waals surface area (Å²) in [6.07, 6.45) is 1.81. The van der Waals surface area contributed by atoms with Gasteiger partial charge >= 0.3 is 0 Å². The van der Waals surface area contributed by atoms with E-state index in [1.54, 1.807) is 6.07 Å². The van der Waals surface area contributed by atoms with Gasteiger partial charge in [-0.1, -0.05) is 35.3 Å². The molecule has 0 spiro atoms. The number of nitrogens with two attached hydrogens (primary N) is 1. The molecule has 0 radical (unpaired) electrons. The molecule has 0 saturated carbocycles. The molecule has 2 aromatic rings. The Kier molecular flexibility index (Phi) is 4.03. The Morgan fingerprint density at radius 2 is 2.14 bits per heavy atom. The molecule has 3 N–H and O–H groups in total. The second-order valence-corrected chi connectivity index (χ2v) is 5.57. The van der Waals surface area contributed by atoms with E-state index in [9.17, 15) is 0 Å². The number of rotatable bonds is 2. The zero-order valence-electron chi connectivity index (χ0n) is 11.1. The molecule has 1 aliphatic heterocycles. The summed E-state index contributed by atoms with van der Waals surface area (Å²) < 4.78 is 5.74. The van der Waals surface area contributed by atoms with E-state index in [-0.39, 0.29) is 12.0 Å². The van der Waals surface area contributed by atoms with Gasteiger partial charge in [0, 0.05) is 11.6 Å². The van der Waals surface area contributed by atoms with Gasteiger partial charge in [-0.25, -0.2) is 4.98 Å². The first-order chi connectivity index (χ1) is 10.1. The van der Waals surface area contributed by atoms with E-state index >= 15 is 0 Å². The summed E-state index contributed by atoms with van der Waals surface area (Å²) in [5.74, 6) is 1.45. The monoisotopic (exact) mass is 324 g/mol. The van der Waals surface area contributed by atoms with Crippen molar-refractivity contribution in [2.75, 3.05) is 17.7 Å². The molecule has 5 nitrogen and oxygen atoms in total. The van der Waals surface area contributed by atoms with Crippen LogP contribution in [-0.4, -0.2) is 16.6 Å². The average molecular weight is 325 g/mol. The third-order valence-corrected chi connectivity index (χ3v) is 3.78. The SMILES string of the molecule is Nc1nc(Cl)cc(NC2CCCOc3c(Cl)cccc32)n1. The third kappa shape index (κ3) is 3.14. The molecule has 1 unspecified atom stereocenters. The minimum atomic E-state index is 0.0339. The smallest absolute Gasteiger partial charge is 0.223 e. The molecule has 1 aromatic carbocycles. The summed E-state index contributed by atoms with van der Waals surface area (Å²) in [5, 5.41) is 4.25. The van der Waals surface area contributed by atoms with Crippen molar-refractivity contribution in [3.8, 4) is 5.75 Å². The maximum atomic E-state index is 6.21. The van der Waals surface area contributed by atoms with E-state index in [4.69, 9.17) is 33.7 Å². The van der Waals surface area contributed by atoms with E-state index < -0.39 is 0 Å². The average Bonchev–Trinajstić information content (AvgIpc) is 2.62. The van der Waals surface area contributed by atoms with Crippen molar-refractivity contribution < 1.29 is 4.74 Å². The van der Waals surface area contributed by atoms with Crippen molar-refractivity contribution >= 4 is 35.0 Å². The van der Waals surface area contributed by atoms with Crippen molar-refractivity contribution in [3.63, 3.8) is 0 Å². The lowest BCUT2D eigenvalue weighted by molar-refractivity contribution is 0.316. The first-order valence-corrected chi connectivity index (χ1v) is 7.37. The number of nitrogen functional groups attached to an aromatic ring is 1. The van der Waals surface area contributed by atoms with Crippen LogP contribution < -0.4 is 15.8 Å². The summed E-state index contributed by atoms with van der Waals surface area (Å²) in [4.78, 5) is 8.00. The Morgan fingerprint density at radius 3 is 2.95 bits per heavy atom. The van der Waals surface area contributed by atoms with Crippen LogP contribution >= 0.6 is 23.2 Å². The Bertz CT molecular complexity index is 645. The molecule has 2 heterocycles. The van der Waals surface area contributed by atoms with Crippen molar-refractivity contribution in [1.82, 2.24) is 9.97 Å². The lowest BCUT2D eigenvalue weighted by atomic mass is 10.0. The maximum Gasteiger partial charge on any atom is 0.223 e. The standard InChI is InChI=1S/C14H14Cl2N4O/c15-9-4-1-3-8-10(5-2-6-21-13(8)9)18-12-7-11(16)19-14(17)20-12/h1,3-4,7,10H,2,5-6H2,(H3,17,18,19,20). The highest BCUT2D eigenvalue weighted by Crippen LogP contribution is 2.38. The van der Waals surface area contributed by atoms with Gasteiger partial charge in [-0.15, -0.1) is 0 Å². The Balaban J connectivity index is 1.94. The number of nitrogens with zero attached hydrogens (tertiary/aromatic N) is 2. The van der Waals surface area contributed by atoms with Crippen molar-refractivity contribution in [2.45, 2.75) is 18.9 Å². The Labute approximate surface area is 132 Å². The zero-order chi connectivity index (χ0) is 14.8. The third-order valence-electron chi connectivity index (χ3n) is 3.29. The number of hydrogen-bond donors (Lipinski definition) is 2. The predicted octanol–water partition coefficient (Wildman–Crippen LogP) is 3.69. The highest BCUT2D eigenvalue weighted by Gasteiger charge is 2.22. The van der Waals surface area contributed by atoms with E-state index in [1.807, 2.05) is 18.2 Å². The first-order valence-electron chi connectivity index (χ1n) is 6.61. The second kappa shape index (κ2) is 5.95. The molecular formula is C14H14Cl2N4O. The summed E-state index contributed by atoms with van der Waals surface area (Å²) in [7, 11) is 0. The van der Waals surface area contributed by atoms with Crippen LogP contribution in [0, 0.1) is 0 Å². The van der Waals surface area contributed by atoms with Gasteiger partial charge in [0.25, 0.3) is 0 Å². The van der Waals surface area contributed by atoms with E-state index in [0.29, 0.717) is 22.6 Å². The van der Waals surface area contributed by atoms with Gasteiger partial charge in [0.05, 0.1) is 17.7 Å². The largest absolute Gasteiger partial charge is 0.492 e. The van der Waals surface area contributed by atoms with Crippen LogP contribution in [0.25, 0.3) is 0 Å². The fourth-order valence-corrected chi connectivity index (χ4v) is 2.83. The Hall–Kier alpha value is -1.72. The molecule has 0 saturated heterocycles. The molecular weight excluding hydrogens is 311 g/mol. The quantitative estimate of drug-likeness (QED) is 0.824. The number of hydrogen-bond acceptors (Lipinski definition) is 5. The van der Waals surface area contributed by atoms with Gasteiger partial charge in [0.1, 0.15) is 16.7 Å². The lowest BCUT2D eigenvalue weighted by Crippen LogP contribution is -2.12. The van der Waals surface area contributed by atoms with Crippen LogP contribution in [0.15, 0.2) is 24.3 Å². The van der Waals surface area contributed by atoms with Crippen LogP contribution in [0.3, 0.4) is 0 Å². The molecule has 3 rings (SSSR count). The van der Waals surface area contributed by atoms with Crippen LogP contribution in [0.2, 0.25) is 10.2 Å². The summed E-state index contributed by atoms with van der Waals surface area (Å²) in [6, 6.07) is 7.41. The van der Waals surface area contributed by atoms with Crippen LogP contribution in [0.5, 0.6) is 5.75 Å². The van der Waals surface area contributed by atoms with E-state index in [0.717, 1.165) is 24.2 Å². The van der Waals surface area contributed by atoms with E-state index in [2.05, 4.69) is 15.3 Å². The molecule has 110 valence electrons. The van der Waals surface area contributed by atoms with Gasteiger partial charge < -0.3 is 15.8 Å². The number of ether oxygens (including phenoxy) is 1. The number of nitrogens with one attached hydrogen (secondary N) is 1. The summed E-state index contributed by atoms with van der Waals surface area (Å²) in [5.41, 5.74) is 6.63. The topological polar surface area (TPSA) is 73.1 Å². The zero-order valence-corrected chi connectivity index (χ0v) is 12.7. The fourth-order valence-electron chi connectivity index (χ4n) is 2.41. The molecule has 21 heavy (non-hydrogen) atoms. The maximum absolute atomic E-state index is 6.21. The van der Waals surface area contributed by atoms with Crippen molar-refractivity contribution in [2.24, 2.45) is 0 Å². The van der Waals surface area contributed by atoms with Gasteiger partial charge in [-0.05, 0) is 18.9 Å². The molecule has 1 aromatic heterocycles. The number of fused-ring (bicyclic) bond motifs is 1. The van der Waals surface area contributed by atoms with Crippen molar-refractivity contribution in [1.29, 1.82) is 0 Å². The van der Waals surface area contributed by atoms with Crippen LogP contribution in [0.4, 0.5) is 11.8 Å². The predicted molar refractivity (Wildman–Crippen MR) is 84.0 cm³/mol. The number of para-hydroxylation sites is 1. The number of anilines is 2. The number of aromatic nitrogens is 2. The van der Waals surface area contributed by atoms with Gasteiger partial charge in [-0.2, -0.15) is 4.98 Å². The summed E-state index contributed by atoms with van der Waals surface area (Å²) >= 11 is 12.1. The van der Waals surface area contributed by atoms with E-state index in [1.165, 1.54) is 0 Å². The Morgan fingerprint density at radius 1 is 1.29 bits per heavy atom. The number of halogens is 2. The minimum Gasteiger partial charge on any atom is -0.492 e. The first kappa shape index (κ1) is 14.2. The second-order valence-electron chi connectivity index (χ2n) is 4.78. The van der Waals surface area contributed by atoms with Gasteiger partial charge in [0.2, 0.25) is 5.95 Å². The molecule has 1 aliphatic rings. The molecule has 0 fully saturated rings. The molecule has 0 amide bonds. The van der Waals surface area contributed by atoms with Crippen LogP contribution in [-0.2, 0) is 0 Å². The summed E-state index contributed by atoms with van der Waals surface area (Å²) in [6.45, 7) is 0.640. The highest BCUT2D eigenvalue weighted by molar-refractivity contribution is 6.32. The van der Waals surface area contributed by atoms with Crippen LogP contribution in [0.1, 0.15) is 24.4 Å². The molecule has 0 aliphatic carbocycles. The van der Waals surface area contributed by atoms with Crippen molar-refractivity contribution in [3.05, 3.63) is 40.0 Å². The number of benzene rings is 1. The minimum absolute atomic E-state index is 0.0339. The normalized spacial score (nSPS) is 17.5. The molecule has 0 bridgehead atoms. The van der Waals surface area contributed by atoms with Gasteiger partial charge in [0.15, 0.2) is 0 Å². The van der Waals surface area contributed by atoms with Gasteiger partial charge in [-0.3, -0.25) is 0 Å². The fraction of sp³-hybridized carbons (Fsp3) is 0.286.